The number of aromatic amines is 1. The van der Waals surface area contributed by atoms with Gasteiger partial charge in [0.1, 0.15) is 5.56 Å². The Morgan fingerprint density at radius 2 is 1.74 bits per heavy atom. The lowest BCUT2D eigenvalue weighted by Crippen LogP contribution is -2.58. The van der Waals surface area contributed by atoms with Crippen LogP contribution < -0.4 is 15.2 Å². The highest BCUT2D eigenvalue weighted by Crippen LogP contribution is 2.31. The van der Waals surface area contributed by atoms with Gasteiger partial charge >= 0.3 is 18.4 Å². The molecule has 1 N–H and O–H groups in total. The average molecular weight is 493 g/mol. The summed E-state index contributed by atoms with van der Waals surface area (Å²) in [6.45, 7) is 5.27. The Labute approximate surface area is 189 Å². The molecule has 3 rings (SSSR count). The monoisotopic (exact) mass is 493 g/mol. The van der Waals surface area contributed by atoms with Gasteiger partial charge in [-0.15, -0.1) is 0 Å². The number of carbonyl (C=O) groups excluding carboxylic acids is 1. The van der Waals surface area contributed by atoms with Gasteiger partial charge in [-0.3, -0.25) is 4.79 Å². The number of piperazine rings is 1. The molecule has 0 bridgehead atoms. The van der Waals surface area contributed by atoms with Crippen molar-refractivity contribution in [1.82, 2.24) is 19.9 Å². The van der Waals surface area contributed by atoms with Gasteiger partial charge in [0.2, 0.25) is 5.95 Å². The molecule has 1 aliphatic heterocycles. The van der Waals surface area contributed by atoms with Crippen LogP contribution in [0.15, 0.2) is 23.3 Å². The summed E-state index contributed by atoms with van der Waals surface area (Å²) in [5, 5.41) is 0. The van der Waals surface area contributed by atoms with Crippen LogP contribution in [0.3, 0.4) is 0 Å². The Bertz CT molecular complexity index is 1100. The van der Waals surface area contributed by atoms with Crippen LogP contribution in [0, 0.1) is 12.8 Å². The van der Waals surface area contributed by atoms with E-state index in [2.05, 4.69) is 9.97 Å². The third kappa shape index (κ3) is 5.42. The molecule has 34 heavy (non-hydrogen) atoms. The highest BCUT2D eigenvalue weighted by molar-refractivity contribution is 5.72. The highest BCUT2D eigenvalue weighted by atomic mass is 19.4. The fourth-order valence-electron chi connectivity index (χ4n) is 3.49. The second kappa shape index (κ2) is 9.14. The van der Waals surface area contributed by atoms with Crippen LogP contribution >= 0.6 is 0 Å². The first-order valence-corrected chi connectivity index (χ1v) is 10.1. The number of anilines is 1. The number of H-pyrrole nitrogens is 1. The van der Waals surface area contributed by atoms with Crippen molar-refractivity contribution in [2.24, 2.45) is 5.92 Å². The molecular weight excluding hydrogens is 472 g/mol. The lowest BCUT2D eigenvalue weighted by molar-refractivity contribution is -0.139. The SMILES string of the molecule is Cc1[nH]c(=O)c(C(F)(F)F)cc1OC(=O)N1CCN(c2ncc(C(F)(F)F)cn2)CC1C(C)C. The lowest BCUT2D eigenvalue weighted by atomic mass is 10.00. The van der Waals surface area contributed by atoms with Crippen molar-refractivity contribution in [2.75, 3.05) is 24.5 Å². The van der Waals surface area contributed by atoms with Crippen molar-refractivity contribution in [3.63, 3.8) is 0 Å². The molecule has 0 aliphatic carbocycles. The molecule has 1 amide bonds. The molecule has 186 valence electrons. The standard InChI is InChI=1S/C20H21F6N5O3/c1-10(2)14-9-30(17-27-7-12(8-28-17)19(21,22)23)4-5-31(14)18(33)34-15-6-13(20(24,25)26)16(32)29-11(15)3/h6-8,10,14H,4-5,9H2,1-3H3,(H,29,32). The van der Waals surface area contributed by atoms with E-state index in [4.69, 9.17) is 4.74 Å². The third-order valence-electron chi connectivity index (χ3n) is 5.36. The Morgan fingerprint density at radius 1 is 1.12 bits per heavy atom. The molecule has 1 fully saturated rings. The number of amides is 1. The summed E-state index contributed by atoms with van der Waals surface area (Å²) in [5.74, 6) is -0.530. The molecular formula is C20H21F6N5O3. The van der Waals surface area contributed by atoms with E-state index >= 15 is 0 Å². The van der Waals surface area contributed by atoms with Crippen molar-refractivity contribution in [1.29, 1.82) is 0 Å². The van der Waals surface area contributed by atoms with Crippen molar-refractivity contribution in [2.45, 2.75) is 39.2 Å². The molecule has 1 aliphatic rings. The van der Waals surface area contributed by atoms with Crippen molar-refractivity contribution in [3.8, 4) is 5.75 Å². The van der Waals surface area contributed by atoms with Crippen LogP contribution in [0.4, 0.5) is 37.1 Å². The number of ether oxygens (including phenoxy) is 1. The van der Waals surface area contributed by atoms with Crippen molar-refractivity contribution in [3.05, 3.63) is 45.6 Å². The summed E-state index contributed by atoms with van der Waals surface area (Å²) in [5.41, 5.74) is -3.89. The van der Waals surface area contributed by atoms with Crippen LogP contribution in [0.1, 0.15) is 30.7 Å². The lowest BCUT2D eigenvalue weighted by Gasteiger charge is -2.42. The van der Waals surface area contributed by atoms with Crippen LogP contribution in [-0.4, -0.2) is 51.6 Å². The molecule has 8 nitrogen and oxygen atoms in total. The topological polar surface area (TPSA) is 91.4 Å². The number of aryl methyl sites for hydroxylation is 1. The second-order valence-corrected chi connectivity index (χ2v) is 8.09. The number of pyridine rings is 1. The molecule has 1 saturated heterocycles. The van der Waals surface area contributed by atoms with Gasteiger partial charge in [-0.1, -0.05) is 13.8 Å². The minimum atomic E-state index is -4.93. The molecule has 0 aromatic carbocycles. The van der Waals surface area contributed by atoms with E-state index in [0.717, 1.165) is 0 Å². The maximum atomic E-state index is 13.1. The number of hydrogen-bond acceptors (Lipinski definition) is 6. The van der Waals surface area contributed by atoms with E-state index in [9.17, 15) is 35.9 Å². The summed E-state index contributed by atoms with van der Waals surface area (Å²) in [6, 6.07) is -0.0276. The highest BCUT2D eigenvalue weighted by Gasteiger charge is 2.38. The van der Waals surface area contributed by atoms with E-state index in [0.29, 0.717) is 18.5 Å². The minimum Gasteiger partial charge on any atom is -0.408 e. The summed E-state index contributed by atoms with van der Waals surface area (Å²) in [4.78, 5) is 36.9. The molecule has 2 aromatic rings. The van der Waals surface area contributed by atoms with Gasteiger partial charge in [0, 0.05) is 38.1 Å². The number of halogens is 6. The maximum absolute atomic E-state index is 13.1. The van der Waals surface area contributed by atoms with Crippen LogP contribution in [0.5, 0.6) is 5.75 Å². The largest absolute Gasteiger partial charge is 0.421 e. The minimum absolute atomic E-state index is 0.0516. The second-order valence-electron chi connectivity index (χ2n) is 8.09. The fraction of sp³-hybridized carbons (Fsp3) is 0.500. The molecule has 14 heteroatoms. The van der Waals surface area contributed by atoms with Gasteiger partial charge in [-0.05, 0) is 12.8 Å². The van der Waals surface area contributed by atoms with E-state index in [1.165, 1.54) is 11.8 Å². The van der Waals surface area contributed by atoms with E-state index in [-0.39, 0.29) is 37.2 Å². The van der Waals surface area contributed by atoms with Gasteiger partial charge in [0.15, 0.2) is 5.75 Å². The smallest absolute Gasteiger partial charge is 0.408 e. The molecule has 3 heterocycles. The number of hydrogen-bond donors (Lipinski definition) is 1. The predicted octanol–water partition coefficient (Wildman–Crippen LogP) is 3.86. The molecule has 0 saturated carbocycles. The number of carbonyl (C=O) groups is 1. The Hall–Kier alpha value is -3.32. The quantitative estimate of drug-likeness (QED) is 0.654. The van der Waals surface area contributed by atoms with Crippen LogP contribution in [-0.2, 0) is 12.4 Å². The zero-order valence-corrected chi connectivity index (χ0v) is 18.3. The van der Waals surface area contributed by atoms with Gasteiger partial charge < -0.3 is 19.5 Å². The summed E-state index contributed by atoms with van der Waals surface area (Å²) in [6.07, 6.45) is -9.09. The van der Waals surface area contributed by atoms with Gasteiger partial charge in [0.05, 0.1) is 17.3 Å². The zero-order chi connectivity index (χ0) is 25.4. The first-order valence-electron chi connectivity index (χ1n) is 10.1. The van der Waals surface area contributed by atoms with E-state index < -0.39 is 46.9 Å². The number of nitrogens with zero attached hydrogens (tertiary/aromatic N) is 4. The number of alkyl halides is 6. The molecule has 0 radical (unpaired) electrons. The Morgan fingerprint density at radius 3 is 2.26 bits per heavy atom. The predicted molar refractivity (Wildman–Crippen MR) is 107 cm³/mol. The summed E-state index contributed by atoms with van der Waals surface area (Å²) in [7, 11) is 0. The van der Waals surface area contributed by atoms with Crippen molar-refractivity contribution < 1.29 is 35.9 Å². The van der Waals surface area contributed by atoms with Crippen LogP contribution in [0.2, 0.25) is 0 Å². The van der Waals surface area contributed by atoms with E-state index in [1.807, 2.05) is 4.98 Å². The first kappa shape index (κ1) is 25.3. The Kier molecular flexibility index (Phi) is 6.80. The molecule has 1 unspecified atom stereocenters. The van der Waals surface area contributed by atoms with Gasteiger partial charge in [0.25, 0.3) is 5.56 Å². The molecule has 2 aromatic heterocycles. The fourth-order valence-corrected chi connectivity index (χ4v) is 3.49. The van der Waals surface area contributed by atoms with Gasteiger partial charge in [-0.2, -0.15) is 26.3 Å². The third-order valence-corrected chi connectivity index (χ3v) is 5.36. The van der Waals surface area contributed by atoms with E-state index in [1.54, 1.807) is 18.7 Å². The van der Waals surface area contributed by atoms with Crippen LogP contribution in [0.25, 0.3) is 0 Å². The molecule has 1 atom stereocenters. The average Bonchev–Trinajstić information content (AvgIpc) is 2.73. The number of aromatic nitrogens is 3. The summed E-state index contributed by atoms with van der Waals surface area (Å²) >= 11 is 0. The molecule has 0 spiro atoms. The number of nitrogens with one attached hydrogen (secondary N) is 1. The maximum Gasteiger partial charge on any atom is 0.421 e. The van der Waals surface area contributed by atoms with Crippen molar-refractivity contribution >= 4 is 12.0 Å². The summed E-state index contributed by atoms with van der Waals surface area (Å²) < 4.78 is 82.7. The Balaban J connectivity index is 1.78. The zero-order valence-electron chi connectivity index (χ0n) is 18.3. The van der Waals surface area contributed by atoms with Gasteiger partial charge in [-0.25, -0.2) is 14.8 Å². The normalized spacial score (nSPS) is 17.3. The first-order chi connectivity index (χ1) is 15.7. The number of rotatable bonds is 3.